The Labute approximate surface area is 143 Å². The summed E-state index contributed by atoms with van der Waals surface area (Å²) >= 11 is 6.95. The zero-order valence-corrected chi connectivity index (χ0v) is 13.8. The maximum atomic E-state index is 10.7. The summed E-state index contributed by atoms with van der Waals surface area (Å²) in [5.74, 6) is 0.925. The third kappa shape index (κ3) is 3.67. The number of rotatable bonds is 5. The Balaban J connectivity index is 1.92. The van der Waals surface area contributed by atoms with Crippen LogP contribution in [0.1, 0.15) is 10.6 Å². The Bertz CT molecular complexity index is 795. The molecule has 3 heterocycles. The second kappa shape index (κ2) is 7.21. The van der Waals surface area contributed by atoms with Gasteiger partial charge in [-0.2, -0.15) is 4.57 Å². The third-order valence-electron chi connectivity index (χ3n) is 3.17. The van der Waals surface area contributed by atoms with Gasteiger partial charge in [-0.1, -0.05) is 24.4 Å². The predicted octanol–water partition coefficient (Wildman–Crippen LogP) is 3.63. The van der Waals surface area contributed by atoms with Gasteiger partial charge < -0.3 is 14.8 Å². The summed E-state index contributed by atoms with van der Waals surface area (Å²) in [4.78, 5) is 1.21. The highest BCUT2D eigenvalue weighted by Crippen LogP contribution is 2.21. The number of hydrogen-bond acceptors (Lipinski definition) is 4. The van der Waals surface area contributed by atoms with E-state index >= 15 is 0 Å². The number of furan rings is 1. The molecule has 3 aromatic rings. The normalized spacial score (nSPS) is 11.8. The van der Waals surface area contributed by atoms with Crippen molar-refractivity contribution in [2.45, 2.75) is 6.54 Å². The molecular weight excluding hydrogens is 328 g/mol. The first-order valence-corrected chi connectivity index (χ1v) is 8.29. The van der Waals surface area contributed by atoms with Gasteiger partial charge >= 0.3 is 0 Å². The minimum absolute atomic E-state index is 0.146. The first-order valence-electron chi connectivity index (χ1n) is 7.00. The molecule has 0 radical (unpaired) electrons. The molecule has 0 saturated carbocycles. The molecule has 6 heteroatoms. The molecule has 0 amide bonds. The summed E-state index contributed by atoms with van der Waals surface area (Å²) in [7, 11) is 0. The molecule has 0 aliphatic rings. The first kappa shape index (κ1) is 15.5. The maximum Gasteiger partial charge on any atom is 0.288 e. The largest absolute Gasteiger partial charge is 0.501 e. The summed E-state index contributed by atoms with van der Waals surface area (Å²) in [6, 6.07) is 13.1. The van der Waals surface area contributed by atoms with Crippen LogP contribution in [0.15, 0.2) is 70.9 Å². The molecule has 23 heavy (non-hydrogen) atoms. The Morgan fingerprint density at radius 3 is 2.65 bits per heavy atom. The Morgan fingerprint density at radius 2 is 2.00 bits per heavy atom. The van der Waals surface area contributed by atoms with E-state index in [0.717, 1.165) is 10.6 Å². The molecule has 3 aromatic heterocycles. The molecule has 0 atom stereocenters. The van der Waals surface area contributed by atoms with Crippen LogP contribution in [-0.4, -0.2) is 10.1 Å². The molecule has 0 unspecified atom stereocenters. The predicted molar refractivity (Wildman–Crippen MR) is 94.8 cm³/mol. The van der Waals surface area contributed by atoms with E-state index in [1.807, 2.05) is 60.2 Å². The fraction of sp³-hybridized carbons (Fsp3) is 0.0588. The van der Waals surface area contributed by atoms with Gasteiger partial charge in [0, 0.05) is 12.1 Å². The Morgan fingerprint density at radius 1 is 1.17 bits per heavy atom. The van der Waals surface area contributed by atoms with Crippen LogP contribution >= 0.6 is 23.6 Å². The van der Waals surface area contributed by atoms with Gasteiger partial charge in [-0.05, 0) is 23.6 Å². The van der Waals surface area contributed by atoms with Crippen LogP contribution in [0.4, 0.5) is 0 Å². The molecule has 0 spiro atoms. The Kier molecular flexibility index (Phi) is 4.85. The average Bonchev–Trinajstić information content (AvgIpc) is 3.27. The average molecular weight is 343 g/mol. The number of aliphatic hydroxyl groups excluding tert-OH is 1. The van der Waals surface area contributed by atoms with Crippen molar-refractivity contribution in [3.63, 3.8) is 0 Å². The molecule has 0 aromatic carbocycles. The number of nitrogens with one attached hydrogen (secondary N) is 1. The summed E-state index contributed by atoms with van der Waals surface area (Å²) in [5.41, 5.74) is 0.537. The van der Waals surface area contributed by atoms with E-state index in [1.165, 1.54) is 11.3 Å². The molecule has 116 valence electrons. The van der Waals surface area contributed by atoms with E-state index in [9.17, 15) is 5.11 Å². The van der Waals surface area contributed by atoms with E-state index in [-0.39, 0.29) is 5.76 Å². The van der Waals surface area contributed by atoms with Crippen molar-refractivity contribution in [3.8, 4) is 0 Å². The number of hydrogen-bond donors (Lipinski definition) is 2. The van der Waals surface area contributed by atoms with Gasteiger partial charge in [0.25, 0.3) is 5.70 Å². The lowest BCUT2D eigenvalue weighted by atomic mass is 10.2. The summed E-state index contributed by atoms with van der Waals surface area (Å²) in [6.45, 7) is 0.459. The van der Waals surface area contributed by atoms with Crippen LogP contribution in [0.5, 0.6) is 0 Å². The van der Waals surface area contributed by atoms with Gasteiger partial charge in [-0.15, -0.1) is 11.3 Å². The highest BCUT2D eigenvalue weighted by molar-refractivity contribution is 7.81. The molecule has 4 nitrogen and oxygen atoms in total. The van der Waals surface area contributed by atoms with Crippen LogP contribution < -0.4 is 9.88 Å². The lowest BCUT2D eigenvalue weighted by molar-refractivity contribution is -0.576. The molecule has 0 fully saturated rings. The number of aliphatic hydroxyl groups is 1. The van der Waals surface area contributed by atoms with Crippen LogP contribution in [0.3, 0.4) is 0 Å². The molecule has 0 aliphatic heterocycles. The van der Waals surface area contributed by atoms with Crippen molar-refractivity contribution < 1.29 is 14.1 Å². The zero-order chi connectivity index (χ0) is 16.1. The van der Waals surface area contributed by atoms with E-state index < -0.39 is 0 Å². The SMILES string of the molecule is OC(=C(C(=S)NCc1ccco1)[n+]1ccccc1)c1cccs1. The number of aromatic nitrogens is 1. The van der Waals surface area contributed by atoms with Crippen LogP contribution in [-0.2, 0) is 6.54 Å². The lowest BCUT2D eigenvalue weighted by Gasteiger charge is -2.08. The molecule has 3 rings (SSSR count). The van der Waals surface area contributed by atoms with E-state index in [4.69, 9.17) is 16.6 Å². The summed E-state index contributed by atoms with van der Waals surface area (Å²) in [6.07, 6.45) is 5.31. The van der Waals surface area contributed by atoms with Gasteiger partial charge in [-0.25, -0.2) is 0 Å². The van der Waals surface area contributed by atoms with Crippen molar-refractivity contribution in [2.75, 3.05) is 0 Å². The molecule has 0 saturated heterocycles. The second-order valence-corrected chi connectivity index (χ2v) is 6.08. The minimum Gasteiger partial charge on any atom is -0.501 e. The topological polar surface area (TPSA) is 49.3 Å². The standard InChI is InChI=1S/C17H14N2O2S2/c20-16(14-7-5-11-23-14)15(19-8-2-1-3-9-19)17(22)18-12-13-6-4-10-21-13/h1-11H,12H2,(H-,18,20,22)/p+1. The number of nitrogens with zero attached hydrogens (tertiary/aromatic N) is 1. The highest BCUT2D eigenvalue weighted by atomic mass is 32.1. The van der Waals surface area contributed by atoms with Gasteiger partial charge in [0.1, 0.15) is 5.76 Å². The van der Waals surface area contributed by atoms with Gasteiger partial charge in [0.15, 0.2) is 17.4 Å². The Hall–Kier alpha value is -2.44. The van der Waals surface area contributed by atoms with Crippen molar-refractivity contribution in [1.29, 1.82) is 0 Å². The van der Waals surface area contributed by atoms with Crippen molar-refractivity contribution in [2.24, 2.45) is 0 Å². The number of thiophene rings is 1. The summed E-state index contributed by atoms with van der Waals surface area (Å²) < 4.78 is 7.09. The smallest absolute Gasteiger partial charge is 0.288 e. The third-order valence-corrected chi connectivity index (χ3v) is 4.39. The second-order valence-electron chi connectivity index (χ2n) is 4.72. The molecule has 0 bridgehead atoms. The van der Waals surface area contributed by atoms with E-state index in [0.29, 0.717) is 17.2 Å². The number of pyridine rings is 1. The van der Waals surface area contributed by atoms with E-state index in [1.54, 1.807) is 10.8 Å². The first-order chi connectivity index (χ1) is 11.3. The van der Waals surface area contributed by atoms with Crippen molar-refractivity contribution >= 4 is 40.0 Å². The van der Waals surface area contributed by atoms with Crippen molar-refractivity contribution in [3.05, 3.63) is 77.1 Å². The highest BCUT2D eigenvalue weighted by Gasteiger charge is 2.23. The van der Waals surface area contributed by atoms with Gasteiger partial charge in [-0.3, -0.25) is 0 Å². The quantitative estimate of drug-likeness (QED) is 0.321. The van der Waals surface area contributed by atoms with Crippen LogP contribution in [0, 0.1) is 0 Å². The van der Waals surface area contributed by atoms with Crippen LogP contribution in [0.25, 0.3) is 11.5 Å². The molecular formula is C17H15N2O2S2+. The van der Waals surface area contributed by atoms with Gasteiger partial charge in [0.05, 0.1) is 17.7 Å². The fourth-order valence-corrected chi connectivity index (χ4v) is 3.03. The van der Waals surface area contributed by atoms with Gasteiger partial charge in [0.2, 0.25) is 5.76 Å². The van der Waals surface area contributed by atoms with Crippen molar-refractivity contribution in [1.82, 2.24) is 5.32 Å². The summed E-state index contributed by atoms with van der Waals surface area (Å²) in [5, 5.41) is 15.7. The monoisotopic (exact) mass is 343 g/mol. The maximum absolute atomic E-state index is 10.7. The lowest BCUT2D eigenvalue weighted by Crippen LogP contribution is -2.40. The van der Waals surface area contributed by atoms with E-state index in [2.05, 4.69) is 5.32 Å². The fourth-order valence-electron chi connectivity index (χ4n) is 2.09. The minimum atomic E-state index is 0.146. The number of thiocarbonyl (C=S) groups is 1. The van der Waals surface area contributed by atoms with Crippen LogP contribution in [0.2, 0.25) is 0 Å². The molecule has 2 N–H and O–H groups in total. The zero-order valence-electron chi connectivity index (χ0n) is 12.2. The molecule has 0 aliphatic carbocycles.